The van der Waals surface area contributed by atoms with Crippen molar-refractivity contribution < 1.29 is 13.2 Å². The van der Waals surface area contributed by atoms with Gasteiger partial charge in [0.1, 0.15) is 4.21 Å². The minimum Gasteiger partial charge on any atom is -0.375 e. The van der Waals surface area contributed by atoms with Crippen LogP contribution in [0.4, 0.5) is 0 Å². The summed E-state index contributed by atoms with van der Waals surface area (Å²) in [7, 11) is -1.87. The normalized spacial score (nSPS) is 20.6. The summed E-state index contributed by atoms with van der Waals surface area (Å²) < 4.78 is 31.6. The third-order valence-electron chi connectivity index (χ3n) is 3.41. The lowest BCUT2D eigenvalue weighted by molar-refractivity contribution is 0.00530. The Morgan fingerprint density at radius 1 is 1.64 bits per heavy atom. The fourth-order valence-electron chi connectivity index (χ4n) is 2.12. The summed E-state index contributed by atoms with van der Waals surface area (Å²) in [6.45, 7) is 4.66. The maximum absolute atomic E-state index is 12.2. The number of morpholine rings is 1. The summed E-state index contributed by atoms with van der Waals surface area (Å²) in [6, 6.07) is 3.32. The van der Waals surface area contributed by atoms with E-state index < -0.39 is 10.0 Å². The van der Waals surface area contributed by atoms with Crippen LogP contribution in [0, 0.1) is 0 Å². The molecule has 1 saturated heterocycles. The summed E-state index contributed by atoms with van der Waals surface area (Å²) in [5, 5.41) is 1.75. The van der Waals surface area contributed by atoms with Crippen molar-refractivity contribution in [2.24, 2.45) is 10.7 Å². The number of rotatable bonds is 5. The van der Waals surface area contributed by atoms with Gasteiger partial charge >= 0.3 is 0 Å². The van der Waals surface area contributed by atoms with Crippen molar-refractivity contribution in [2.45, 2.75) is 17.2 Å². The SMILES string of the molecule is CC1CN(C(N)=NCCN(C)S(=O)(=O)c2cccs2)CCO1. The summed E-state index contributed by atoms with van der Waals surface area (Å²) in [5.74, 6) is 0.442. The molecule has 124 valence electrons. The predicted octanol–water partition coefficient (Wildman–Crippen LogP) is 0.404. The number of nitrogens with zero attached hydrogens (tertiary/aromatic N) is 3. The van der Waals surface area contributed by atoms with Gasteiger partial charge in [0.15, 0.2) is 5.96 Å². The molecule has 7 nitrogen and oxygen atoms in total. The van der Waals surface area contributed by atoms with Crippen molar-refractivity contribution in [3.05, 3.63) is 17.5 Å². The Morgan fingerprint density at radius 2 is 2.41 bits per heavy atom. The van der Waals surface area contributed by atoms with Crippen LogP contribution in [0.5, 0.6) is 0 Å². The lowest BCUT2D eigenvalue weighted by Gasteiger charge is -2.31. The fourth-order valence-corrected chi connectivity index (χ4v) is 4.48. The van der Waals surface area contributed by atoms with Crippen molar-refractivity contribution in [2.75, 3.05) is 39.8 Å². The number of likely N-dealkylation sites (N-methyl/N-ethyl adjacent to an activating group) is 1. The highest BCUT2D eigenvalue weighted by Crippen LogP contribution is 2.19. The van der Waals surface area contributed by atoms with Gasteiger partial charge in [-0.2, -0.15) is 4.31 Å². The molecule has 0 amide bonds. The molecule has 1 aromatic rings. The Bertz CT molecular complexity index is 601. The van der Waals surface area contributed by atoms with Crippen LogP contribution in [-0.4, -0.2) is 69.5 Å². The second-order valence-corrected chi connectivity index (χ2v) is 8.35. The smallest absolute Gasteiger partial charge is 0.252 e. The molecule has 0 bridgehead atoms. The number of guanidine groups is 1. The Morgan fingerprint density at radius 3 is 3.05 bits per heavy atom. The Kier molecular flexibility index (Phi) is 5.79. The molecule has 1 unspecified atom stereocenters. The number of thiophene rings is 1. The molecule has 2 rings (SSSR count). The molecule has 9 heteroatoms. The highest BCUT2D eigenvalue weighted by Gasteiger charge is 2.21. The first-order chi connectivity index (χ1) is 10.4. The van der Waals surface area contributed by atoms with Crippen LogP contribution in [0.3, 0.4) is 0 Å². The zero-order valence-electron chi connectivity index (χ0n) is 12.8. The van der Waals surface area contributed by atoms with Gasteiger partial charge < -0.3 is 15.4 Å². The van der Waals surface area contributed by atoms with E-state index in [9.17, 15) is 8.42 Å². The maximum atomic E-state index is 12.2. The largest absolute Gasteiger partial charge is 0.375 e. The van der Waals surface area contributed by atoms with Crippen molar-refractivity contribution >= 4 is 27.3 Å². The highest BCUT2D eigenvalue weighted by molar-refractivity contribution is 7.91. The molecule has 1 aliphatic rings. The summed E-state index contributed by atoms with van der Waals surface area (Å²) in [6.07, 6.45) is 0.129. The molecule has 1 fully saturated rings. The van der Waals surface area contributed by atoms with E-state index in [1.165, 1.54) is 15.6 Å². The first-order valence-electron chi connectivity index (χ1n) is 7.07. The van der Waals surface area contributed by atoms with Gasteiger partial charge in [-0.15, -0.1) is 11.3 Å². The summed E-state index contributed by atoms with van der Waals surface area (Å²) in [5.41, 5.74) is 5.95. The van der Waals surface area contributed by atoms with Crippen LogP contribution in [0.25, 0.3) is 0 Å². The van der Waals surface area contributed by atoms with E-state index >= 15 is 0 Å². The number of sulfonamides is 1. The van der Waals surface area contributed by atoms with Gasteiger partial charge in [0.25, 0.3) is 10.0 Å². The lowest BCUT2D eigenvalue weighted by Crippen LogP contribution is -2.48. The molecule has 0 saturated carbocycles. The van der Waals surface area contributed by atoms with E-state index in [4.69, 9.17) is 10.5 Å². The van der Waals surface area contributed by atoms with Crippen LogP contribution in [0.15, 0.2) is 26.7 Å². The van der Waals surface area contributed by atoms with Crippen molar-refractivity contribution in [1.29, 1.82) is 0 Å². The number of hydrogen-bond donors (Lipinski definition) is 1. The van der Waals surface area contributed by atoms with Gasteiger partial charge in [0.2, 0.25) is 0 Å². The van der Waals surface area contributed by atoms with Gasteiger partial charge in [-0.1, -0.05) is 6.07 Å². The zero-order chi connectivity index (χ0) is 16.2. The summed E-state index contributed by atoms with van der Waals surface area (Å²) >= 11 is 1.21. The van der Waals surface area contributed by atoms with E-state index in [0.717, 1.165) is 0 Å². The number of aliphatic imine (C=N–C) groups is 1. The standard InChI is InChI=1S/C13H22N4O3S2/c1-11-10-17(7-8-20-11)13(14)15-5-6-16(2)22(18,19)12-4-3-9-21-12/h3-4,9,11H,5-8,10H2,1-2H3,(H2,14,15). The number of nitrogens with two attached hydrogens (primary N) is 1. The third kappa shape index (κ3) is 4.19. The van der Waals surface area contributed by atoms with E-state index in [-0.39, 0.29) is 6.10 Å². The monoisotopic (exact) mass is 346 g/mol. The first kappa shape index (κ1) is 17.2. The average molecular weight is 346 g/mol. The molecule has 2 N–H and O–H groups in total. The maximum Gasteiger partial charge on any atom is 0.252 e. The van der Waals surface area contributed by atoms with E-state index in [1.807, 2.05) is 11.8 Å². The van der Waals surface area contributed by atoms with Crippen LogP contribution in [0.1, 0.15) is 6.92 Å². The Labute approximate surface area is 135 Å². The minimum atomic E-state index is -3.42. The van der Waals surface area contributed by atoms with Crippen molar-refractivity contribution in [1.82, 2.24) is 9.21 Å². The van der Waals surface area contributed by atoms with Crippen LogP contribution >= 0.6 is 11.3 Å². The molecule has 1 aromatic heterocycles. The fraction of sp³-hybridized carbons (Fsp3) is 0.615. The quantitative estimate of drug-likeness (QED) is 0.616. The van der Waals surface area contributed by atoms with Crippen molar-refractivity contribution in [3.8, 4) is 0 Å². The van der Waals surface area contributed by atoms with Gasteiger partial charge in [-0.05, 0) is 18.4 Å². The third-order valence-corrected chi connectivity index (χ3v) is 6.64. The zero-order valence-corrected chi connectivity index (χ0v) is 14.4. The molecule has 22 heavy (non-hydrogen) atoms. The lowest BCUT2D eigenvalue weighted by atomic mass is 10.3. The highest BCUT2D eigenvalue weighted by atomic mass is 32.2. The van der Waals surface area contributed by atoms with Gasteiger partial charge in [-0.25, -0.2) is 8.42 Å². The molecule has 1 atom stereocenters. The van der Waals surface area contributed by atoms with E-state index in [2.05, 4.69) is 4.99 Å². The van der Waals surface area contributed by atoms with Gasteiger partial charge in [0, 0.05) is 26.7 Å². The molecule has 1 aliphatic heterocycles. The molecule has 0 spiro atoms. The molecule has 0 radical (unpaired) electrons. The second-order valence-electron chi connectivity index (χ2n) is 5.13. The molecular formula is C13H22N4O3S2. The topological polar surface area (TPSA) is 88.2 Å². The van der Waals surface area contributed by atoms with Crippen LogP contribution in [0.2, 0.25) is 0 Å². The number of ether oxygens (including phenoxy) is 1. The van der Waals surface area contributed by atoms with E-state index in [0.29, 0.717) is 43.0 Å². The van der Waals surface area contributed by atoms with E-state index in [1.54, 1.807) is 24.6 Å². The summed E-state index contributed by atoms with van der Waals surface area (Å²) in [4.78, 5) is 6.24. The van der Waals surface area contributed by atoms with Crippen LogP contribution in [-0.2, 0) is 14.8 Å². The molecule has 2 heterocycles. The average Bonchev–Trinajstić information content (AvgIpc) is 3.01. The molecular weight excluding hydrogens is 324 g/mol. The minimum absolute atomic E-state index is 0.129. The van der Waals surface area contributed by atoms with Crippen molar-refractivity contribution in [3.63, 3.8) is 0 Å². The predicted molar refractivity (Wildman–Crippen MR) is 87.6 cm³/mol. The van der Waals surface area contributed by atoms with Gasteiger partial charge in [0.05, 0.1) is 19.3 Å². The van der Waals surface area contributed by atoms with Gasteiger partial charge in [-0.3, -0.25) is 4.99 Å². The molecule has 0 aromatic carbocycles. The number of hydrogen-bond acceptors (Lipinski definition) is 5. The first-order valence-corrected chi connectivity index (χ1v) is 9.39. The Hall–Kier alpha value is -1.16. The molecule has 0 aliphatic carbocycles. The Balaban J connectivity index is 1.88. The second kappa shape index (κ2) is 7.40. The van der Waals surface area contributed by atoms with Crippen LogP contribution < -0.4 is 5.73 Å².